The predicted molar refractivity (Wildman–Crippen MR) is 99.9 cm³/mol. The third-order valence-electron chi connectivity index (χ3n) is 4.66. The van der Waals surface area contributed by atoms with Crippen LogP contribution >= 0.6 is 0 Å². The molecule has 0 heterocycles. The highest BCUT2D eigenvalue weighted by atomic mass is 16.5. The molecule has 4 heteroatoms. The summed E-state index contributed by atoms with van der Waals surface area (Å²) in [5.41, 5.74) is 9.34. The number of hydrogen-bond acceptors (Lipinski definition) is 3. The fourth-order valence-electron chi connectivity index (χ4n) is 3.04. The molecule has 0 bridgehead atoms. The SMILES string of the molecule is Cc1cccc(C2(NC(=O)c3ccc(C)cc3OCCCN)CC2)c1. The summed E-state index contributed by atoms with van der Waals surface area (Å²) < 4.78 is 5.80. The van der Waals surface area contributed by atoms with E-state index in [1.807, 2.05) is 31.2 Å². The van der Waals surface area contributed by atoms with Crippen molar-refractivity contribution in [2.24, 2.45) is 5.73 Å². The lowest BCUT2D eigenvalue weighted by molar-refractivity contribution is 0.0926. The molecule has 2 aromatic carbocycles. The average Bonchev–Trinajstić information content (AvgIpc) is 3.36. The molecule has 1 saturated carbocycles. The summed E-state index contributed by atoms with van der Waals surface area (Å²) in [7, 11) is 0. The van der Waals surface area contributed by atoms with Gasteiger partial charge >= 0.3 is 0 Å². The van der Waals surface area contributed by atoms with Gasteiger partial charge in [-0.25, -0.2) is 0 Å². The van der Waals surface area contributed by atoms with Gasteiger partial charge in [-0.05, 0) is 62.9 Å². The highest BCUT2D eigenvalue weighted by molar-refractivity contribution is 5.97. The molecule has 1 amide bonds. The molecular weight excluding hydrogens is 312 g/mol. The smallest absolute Gasteiger partial charge is 0.255 e. The van der Waals surface area contributed by atoms with Crippen molar-refractivity contribution < 1.29 is 9.53 Å². The second kappa shape index (κ2) is 7.28. The highest BCUT2D eigenvalue weighted by Gasteiger charge is 2.46. The number of carbonyl (C=O) groups excluding carboxylic acids is 1. The van der Waals surface area contributed by atoms with Crippen molar-refractivity contribution in [3.05, 3.63) is 64.7 Å². The van der Waals surface area contributed by atoms with E-state index in [0.29, 0.717) is 24.5 Å². The Kier molecular flexibility index (Phi) is 5.09. The normalized spacial score (nSPS) is 14.8. The summed E-state index contributed by atoms with van der Waals surface area (Å²) in [6.45, 7) is 5.16. The summed E-state index contributed by atoms with van der Waals surface area (Å²) in [5, 5.41) is 3.23. The van der Waals surface area contributed by atoms with Crippen LogP contribution in [-0.4, -0.2) is 19.1 Å². The number of benzene rings is 2. The Morgan fingerprint density at radius 2 is 1.92 bits per heavy atom. The zero-order valence-electron chi connectivity index (χ0n) is 15.0. The summed E-state index contributed by atoms with van der Waals surface area (Å²) in [6, 6.07) is 14.1. The van der Waals surface area contributed by atoms with E-state index in [4.69, 9.17) is 10.5 Å². The van der Waals surface area contributed by atoms with Crippen LogP contribution in [0.5, 0.6) is 5.75 Å². The maximum Gasteiger partial charge on any atom is 0.255 e. The molecule has 132 valence electrons. The number of ether oxygens (including phenoxy) is 1. The predicted octanol–water partition coefficient (Wildman–Crippen LogP) is 3.45. The topological polar surface area (TPSA) is 64.3 Å². The van der Waals surface area contributed by atoms with Crippen molar-refractivity contribution in [2.75, 3.05) is 13.2 Å². The number of nitrogens with two attached hydrogens (primary N) is 1. The van der Waals surface area contributed by atoms with Gasteiger partial charge in [0.05, 0.1) is 17.7 Å². The standard InChI is InChI=1S/C21H26N2O2/c1-15-5-3-6-17(13-15)21(9-10-21)23-20(24)18-8-7-16(2)14-19(18)25-12-4-11-22/h3,5-8,13-14H,4,9-12,22H2,1-2H3,(H,23,24). The molecule has 1 aliphatic rings. The van der Waals surface area contributed by atoms with Crippen molar-refractivity contribution in [3.8, 4) is 5.75 Å². The van der Waals surface area contributed by atoms with E-state index in [-0.39, 0.29) is 11.4 Å². The molecule has 0 aromatic heterocycles. The van der Waals surface area contributed by atoms with Crippen molar-refractivity contribution in [2.45, 2.75) is 38.6 Å². The third kappa shape index (κ3) is 4.02. The van der Waals surface area contributed by atoms with E-state index in [1.54, 1.807) is 0 Å². The quantitative estimate of drug-likeness (QED) is 0.760. The summed E-state index contributed by atoms with van der Waals surface area (Å²) in [4.78, 5) is 12.9. The van der Waals surface area contributed by atoms with Crippen molar-refractivity contribution in [1.82, 2.24) is 5.32 Å². The lowest BCUT2D eigenvalue weighted by Crippen LogP contribution is -2.35. The van der Waals surface area contributed by atoms with Gasteiger partial charge < -0.3 is 15.8 Å². The van der Waals surface area contributed by atoms with Crippen LogP contribution in [0.15, 0.2) is 42.5 Å². The number of amides is 1. The van der Waals surface area contributed by atoms with Crippen LogP contribution in [0.3, 0.4) is 0 Å². The first kappa shape index (κ1) is 17.5. The van der Waals surface area contributed by atoms with Crippen molar-refractivity contribution >= 4 is 5.91 Å². The lowest BCUT2D eigenvalue weighted by atomic mass is 10.0. The number of carbonyl (C=O) groups is 1. The minimum atomic E-state index is -0.234. The van der Waals surface area contributed by atoms with Gasteiger partial charge in [0.1, 0.15) is 5.75 Å². The molecule has 4 nitrogen and oxygen atoms in total. The lowest BCUT2D eigenvalue weighted by Gasteiger charge is -2.20. The van der Waals surface area contributed by atoms with Crippen LogP contribution in [0, 0.1) is 13.8 Å². The molecule has 1 fully saturated rings. The van der Waals surface area contributed by atoms with Gasteiger partial charge in [-0.15, -0.1) is 0 Å². The van der Waals surface area contributed by atoms with Gasteiger partial charge in [-0.3, -0.25) is 4.79 Å². The van der Waals surface area contributed by atoms with E-state index >= 15 is 0 Å². The molecule has 1 aliphatic carbocycles. The molecule has 0 unspecified atom stereocenters. The Balaban J connectivity index is 1.79. The largest absolute Gasteiger partial charge is 0.493 e. The number of aryl methyl sites for hydroxylation is 2. The maximum atomic E-state index is 12.9. The van der Waals surface area contributed by atoms with E-state index in [0.717, 1.165) is 24.8 Å². The van der Waals surface area contributed by atoms with E-state index < -0.39 is 0 Å². The van der Waals surface area contributed by atoms with Crippen LogP contribution < -0.4 is 15.8 Å². The number of nitrogens with one attached hydrogen (secondary N) is 1. The summed E-state index contributed by atoms with van der Waals surface area (Å²) in [6.07, 6.45) is 2.71. The second-order valence-electron chi connectivity index (χ2n) is 6.90. The first-order valence-corrected chi connectivity index (χ1v) is 8.87. The maximum absolute atomic E-state index is 12.9. The fraction of sp³-hybridized carbons (Fsp3) is 0.381. The highest BCUT2D eigenvalue weighted by Crippen LogP contribution is 2.46. The molecule has 0 radical (unpaired) electrons. The molecule has 25 heavy (non-hydrogen) atoms. The van der Waals surface area contributed by atoms with Gasteiger partial charge in [0.25, 0.3) is 5.91 Å². The summed E-state index contributed by atoms with van der Waals surface area (Å²) in [5.74, 6) is 0.549. The molecule has 3 rings (SSSR count). The molecule has 2 aromatic rings. The van der Waals surface area contributed by atoms with E-state index in [9.17, 15) is 4.79 Å². The van der Waals surface area contributed by atoms with Crippen LogP contribution in [0.1, 0.15) is 46.3 Å². The van der Waals surface area contributed by atoms with E-state index in [1.165, 1.54) is 11.1 Å². The van der Waals surface area contributed by atoms with Gasteiger partial charge in [0.2, 0.25) is 0 Å². The Morgan fingerprint density at radius 3 is 2.60 bits per heavy atom. The van der Waals surface area contributed by atoms with Crippen LogP contribution in [0.2, 0.25) is 0 Å². The van der Waals surface area contributed by atoms with Gasteiger partial charge in [0.15, 0.2) is 0 Å². The Hall–Kier alpha value is -2.33. The zero-order valence-corrected chi connectivity index (χ0v) is 15.0. The van der Waals surface area contributed by atoms with Crippen molar-refractivity contribution in [3.63, 3.8) is 0 Å². The Morgan fingerprint density at radius 1 is 1.16 bits per heavy atom. The Bertz CT molecular complexity index is 766. The number of rotatable bonds is 7. The monoisotopic (exact) mass is 338 g/mol. The molecule has 0 aliphatic heterocycles. The molecule has 0 atom stereocenters. The molecular formula is C21H26N2O2. The van der Waals surface area contributed by atoms with Crippen LogP contribution in [0.4, 0.5) is 0 Å². The molecule has 0 spiro atoms. The van der Waals surface area contributed by atoms with Crippen molar-refractivity contribution in [1.29, 1.82) is 0 Å². The van der Waals surface area contributed by atoms with Crippen LogP contribution in [0.25, 0.3) is 0 Å². The van der Waals surface area contributed by atoms with Gasteiger partial charge in [-0.2, -0.15) is 0 Å². The first-order valence-electron chi connectivity index (χ1n) is 8.87. The molecule has 3 N–H and O–H groups in total. The fourth-order valence-corrected chi connectivity index (χ4v) is 3.04. The van der Waals surface area contributed by atoms with Gasteiger partial charge in [0, 0.05) is 0 Å². The first-order chi connectivity index (χ1) is 12.0. The third-order valence-corrected chi connectivity index (χ3v) is 4.66. The zero-order chi connectivity index (χ0) is 17.9. The average molecular weight is 338 g/mol. The molecule has 0 saturated heterocycles. The number of hydrogen-bond donors (Lipinski definition) is 2. The van der Waals surface area contributed by atoms with Crippen LogP contribution in [-0.2, 0) is 5.54 Å². The minimum Gasteiger partial charge on any atom is -0.493 e. The minimum absolute atomic E-state index is 0.0817. The van der Waals surface area contributed by atoms with E-state index in [2.05, 4.69) is 30.4 Å². The summed E-state index contributed by atoms with van der Waals surface area (Å²) >= 11 is 0. The van der Waals surface area contributed by atoms with Gasteiger partial charge in [-0.1, -0.05) is 35.9 Å². The Labute approximate surface area is 149 Å². The second-order valence-corrected chi connectivity index (χ2v) is 6.90.